The van der Waals surface area contributed by atoms with Gasteiger partial charge in [0.05, 0.1) is 56.0 Å². The summed E-state index contributed by atoms with van der Waals surface area (Å²) >= 11 is 6.38. The first-order valence-electron chi connectivity index (χ1n) is 41.5. The minimum Gasteiger partial charge on any atom is -0.436 e. The summed E-state index contributed by atoms with van der Waals surface area (Å²) in [6, 6.07) is 129. The topological polar surface area (TPSA) is 199 Å². The van der Waals surface area contributed by atoms with Gasteiger partial charge in [0, 0.05) is 71.8 Å². The number of rotatable bonds is 15. The van der Waals surface area contributed by atoms with E-state index in [2.05, 4.69) is 107 Å². The van der Waals surface area contributed by atoms with Crippen molar-refractivity contribution in [2.24, 2.45) is 0 Å². The summed E-state index contributed by atoms with van der Waals surface area (Å²) in [6.45, 7) is 8.28. The molecule has 126 heavy (non-hydrogen) atoms. The van der Waals surface area contributed by atoms with Crippen LogP contribution >= 0.6 is 11.6 Å². The Hall–Kier alpha value is -15.8. The zero-order chi connectivity index (χ0) is 85.1. The number of oxazole rings is 2. The van der Waals surface area contributed by atoms with Crippen molar-refractivity contribution in [3.8, 4) is 159 Å². The molecule has 602 valence electrons. The fourth-order valence-electron chi connectivity index (χ4n) is 15.2. The fraction of sp³-hybridized carbons (Fsp3) is 0.0556. The van der Waals surface area contributed by atoms with E-state index >= 15 is 0 Å². The predicted molar refractivity (Wildman–Crippen MR) is 504 cm³/mol. The monoisotopic (exact) mass is 1650 g/mol. The van der Waals surface area contributed by atoms with Gasteiger partial charge in [-0.3, -0.25) is 0 Å². The van der Waals surface area contributed by atoms with Crippen LogP contribution in [0.25, 0.3) is 203 Å². The molecule has 7 heterocycles. The van der Waals surface area contributed by atoms with Gasteiger partial charge in [-0.25, -0.2) is 59.8 Å². The van der Waals surface area contributed by atoms with Crippen molar-refractivity contribution in [3.05, 3.63) is 393 Å². The molecule has 0 saturated carbocycles. The quantitative estimate of drug-likeness (QED) is 0.0877. The normalized spacial score (nSPS) is 12.7. The van der Waals surface area contributed by atoms with E-state index in [0.29, 0.717) is 51.8 Å². The number of benzene rings is 15. The Kier molecular flexibility index (Phi) is 21.4. The summed E-state index contributed by atoms with van der Waals surface area (Å²) < 4.78 is 24.5. The molecule has 0 spiro atoms. The molecular formula is C108H76BClN12O4. The van der Waals surface area contributed by atoms with Crippen LogP contribution < -0.4 is 5.46 Å². The Morgan fingerprint density at radius 3 is 0.817 bits per heavy atom. The summed E-state index contributed by atoms with van der Waals surface area (Å²) in [5.74, 6) is 4.84. The van der Waals surface area contributed by atoms with Crippen molar-refractivity contribution < 1.29 is 18.1 Å². The number of hydrogen-bond donors (Lipinski definition) is 0. The number of fused-ring (bicyclic) bond motifs is 4. The molecule has 0 bridgehead atoms. The van der Waals surface area contributed by atoms with Gasteiger partial charge in [0.1, 0.15) is 11.0 Å². The average Bonchev–Trinajstić information content (AvgIpc) is 1.27. The largest absolute Gasteiger partial charge is 0.494 e. The lowest BCUT2D eigenvalue weighted by atomic mass is 9.78. The van der Waals surface area contributed by atoms with Gasteiger partial charge in [-0.05, 0) is 159 Å². The minimum atomic E-state index is -0.379. The molecule has 6 aromatic heterocycles. The van der Waals surface area contributed by atoms with Crippen LogP contribution in [0.15, 0.2) is 397 Å². The molecule has 0 radical (unpaired) electrons. The van der Waals surface area contributed by atoms with Crippen molar-refractivity contribution in [1.82, 2.24) is 59.8 Å². The Labute approximate surface area is 732 Å². The number of nitrogens with zero attached hydrogens (tertiary/aromatic N) is 12. The van der Waals surface area contributed by atoms with Gasteiger partial charge < -0.3 is 18.1 Å². The van der Waals surface area contributed by atoms with E-state index in [1.165, 1.54) is 0 Å². The highest BCUT2D eigenvalue weighted by atomic mass is 35.5. The van der Waals surface area contributed by atoms with E-state index in [-0.39, 0.29) is 18.3 Å². The minimum absolute atomic E-state index is 0.360. The smallest absolute Gasteiger partial charge is 0.436 e. The first-order valence-corrected chi connectivity index (χ1v) is 41.9. The molecule has 1 aliphatic heterocycles. The van der Waals surface area contributed by atoms with Crippen LogP contribution in [0.1, 0.15) is 27.7 Å². The molecule has 16 nitrogen and oxygen atoms in total. The highest BCUT2D eigenvalue weighted by molar-refractivity contribution is 6.62. The van der Waals surface area contributed by atoms with Gasteiger partial charge in [-0.1, -0.05) is 297 Å². The zero-order valence-corrected chi connectivity index (χ0v) is 69.7. The summed E-state index contributed by atoms with van der Waals surface area (Å²) in [6.07, 6.45) is 0. The third kappa shape index (κ3) is 16.7. The Morgan fingerprint density at radius 1 is 0.206 bits per heavy atom. The molecule has 1 aliphatic rings. The van der Waals surface area contributed by atoms with Gasteiger partial charge in [-0.2, -0.15) is 0 Å². The van der Waals surface area contributed by atoms with Crippen LogP contribution in [0.2, 0.25) is 5.02 Å². The van der Waals surface area contributed by atoms with Crippen LogP contribution in [-0.2, 0) is 9.31 Å². The molecule has 22 rings (SSSR count). The zero-order valence-electron chi connectivity index (χ0n) is 68.9. The molecule has 0 amide bonds. The summed E-state index contributed by atoms with van der Waals surface area (Å²) in [4.78, 5) is 59.5. The van der Waals surface area contributed by atoms with Crippen LogP contribution in [0.4, 0.5) is 0 Å². The highest BCUT2D eigenvalue weighted by Crippen LogP contribution is 2.41. The van der Waals surface area contributed by atoms with Gasteiger partial charge >= 0.3 is 7.12 Å². The molecule has 18 heteroatoms. The van der Waals surface area contributed by atoms with Crippen LogP contribution in [0, 0.1) is 0 Å². The van der Waals surface area contributed by atoms with Crippen molar-refractivity contribution in [2.45, 2.75) is 38.9 Å². The Balaban J connectivity index is 0.000000125. The summed E-state index contributed by atoms with van der Waals surface area (Å²) in [7, 11) is -0.379. The lowest BCUT2D eigenvalue weighted by Crippen LogP contribution is -2.41. The maximum Gasteiger partial charge on any atom is 0.494 e. The molecule has 15 aromatic carbocycles. The maximum atomic E-state index is 6.38. The average molecular weight is 1650 g/mol. The summed E-state index contributed by atoms with van der Waals surface area (Å²) in [5.41, 5.74) is 24.9. The number of halogens is 1. The van der Waals surface area contributed by atoms with Crippen LogP contribution in [-0.4, -0.2) is 78.1 Å². The lowest BCUT2D eigenvalue weighted by Gasteiger charge is -2.32. The van der Waals surface area contributed by atoms with Crippen molar-refractivity contribution in [2.75, 3.05) is 0 Å². The molecule has 0 N–H and O–H groups in total. The lowest BCUT2D eigenvalue weighted by molar-refractivity contribution is 0.00578. The Bertz CT molecular complexity index is 7450. The van der Waals surface area contributed by atoms with Gasteiger partial charge in [0.25, 0.3) is 0 Å². The molecular weight excluding hydrogens is 1580 g/mol. The molecule has 21 aromatic rings. The standard InChI is InChI=1S/C48H30N6O.C35H22ClN5.C25H24BNO3/c1-4-14-31(15-5-1)45-52-46(32-16-6-2-7-17-32)54-47(53-45)38-23-13-22-37(29-38)44-43(49-39-24-10-11-25-40(39)50-44)36-21-12-20-34(28-36)35-26-27-42-41(30-35)51-48(55-42)33-18-8-3-9-19-33;36-28-18-10-16-26(22-28)32-31(37-29-19-7-8-20-30(29)38-32)25-15-9-17-27(21-25)35-40-33(23-11-3-1-4-12-23)39-34(41-35)24-13-5-2-6-14-24;1-24(2)25(3,4)30-26(29-24)20-12-8-11-18(15-20)19-13-14-22-21(16-19)27-23(28-22)17-9-6-5-7-10-17/h1-30H;1-22H;5-16H,1-4H3. The summed E-state index contributed by atoms with van der Waals surface area (Å²) in [5, 5.41) is 0.643. The predicted octanol–water partition coefficient (Wildman–Crippen LogP) is 25.9. The molecule has 0 aliphatic carbocycles. The highest BCUT2D eigenvalue weighted by Gasteiger charge is 2.52. The van der Waals surface area contributed by atoms with Crippen LogP contribution in [0.3, 0.4) is 0 Å². The third-order valence-electron chi connectivity index (χ3n) is 22.5. The first-order chi connectivity index (χ1) is 61.7. The molecule has 1 fully saturated rings. The van der Waals surface area contributed by atoms with E-state index in [1.54, 1.807) is 0 Å². The van der Waals surface area contributed by atoms with E-state index in [9.17, 15) is 0 Å². The van der Waals surface area contributed by atoms with Gasteiger partial charge in [0.2, 0.25) is 11.8 Å². The molecule has 0 unspecified atom stereocenters. The number of hydrogen-bond acceptors (Lipinski definition) is 16. The van der Waals surface area contributed by atoms with Crippen molar-refractivity contribution in [1.29, 1.82) is 0 Å². The first kappa shape index (κ1) is 78.7. The maximum absolute atomic E-state index is 6.38. The number of para-hydroxylation sites is 4. The second-order valence-corrected chi connectivity index (χ2v) is 31.9. The van der Waals surface area contributed by atoms with E-state index in [0.717, 1.165) is 162 Å². The SMILES string of the molecule is CC1(C)OB(c2cccc(-c3ccc4oc(-c5ccccc5)nc4c3)c2)OC1(C)C.Clc1cccc(-c2nc3ccccc3nc2-c2cccc(-c3nc(-c4ccccc4)nc(-c4ccccc4)n3)c2)c1.c1ccc(-c2nc(-c3ccccc3)nc(-c3cccc(-c4nc5ccccc5nc4-c4cccc(-c5ccc6oc(-c7ccccc7)nc6c5)c4)c3)n2)cc1. The van der Waals surface area contributed by atoms with E-state index in [4.69, 9.17) is 89.6 Å². The number of aromatic nitrogens is 12. The van der Waals surface area contributed by atoms with Crippen LogP contribution in [0.5, 0.6) is 0 Å². The second kappa shape index (κ2) is 34.3. The van der Waals surface area contributed by atoms with E-state index in [1.807, 2.05) is 309 Å². The Morgan fingerprint density at radius 2 is 0.468 bits per heavy atom. The fourth-order valence-corrected chi connectivity index (χ4v) is 15.4. The van der Waals surface area contributed by atoms with Gasteiger partial charge in [-0.15, -0.1) is 0 Å². The van der Waals surface area contributed by atoms with Crippen molar-refractivity contribution >= 4 is 68.4 Å². The second-order valence-electron chi connectivity index (χ2n) is 31.5. The van der Waals surface area contributed by atoms with Crippen molar-refractivity contribution in [3.63, 3.8) is 0 Å². The van der Waals surface area contributed by atoms with E-state index < -0.39 is 0 Å². The third-order valence-corrected chi connectivity index (χ3v) is 22.7. The molecule has 0 atom stereocenters. The molecule has 1 saturated heterocycles. The van der Waals surface area contributed by atoms with Gasteiger partial charge in [0.15, 0.2) is 46.1 Å².